The third-order valence-electron chi connectivity index (χ3n) is 2.91. The van der Waals surface area contributed by atoms with Crippen molar-refractivity contribution in [3.8, 4) is 0 Å². The van der Waals surface area contributed by atoms with E-state index < -0.39 is 0 Å². The summed E-state index contributed by atoms with van der Waals surface area (Å²) in [6, 6.07) is 0. The van der Waals surface area contributed by atoms with Gasteiger partial charge in [-0.2, -0.15) is 0 Å². The van der Waals surface area contributed by atoms with Crippen molar-refractivity contribution in [1.82, 2.24) is 0 Å². The van der Waals surface area contributed by atoms with Crippen molar-refractivity contribution in [3.05, 3.63) is 0 Å². The van der Waals surface area contributed by atoms with E-state index in [-0.39, 0.29) is 11.8 Å². The maximum absolute atomic E-state index is 10.5. The molecule has 0 aromatic rings. The number of aldehydes is 2. The van der Waals surface area contributed by atoms with E-state index in [1.54, 1.807) is 0 Å². The highest BCUT2D eigenvalue weighted by Crippen LogP contribution is 2.31. The Hall–Kier alpha value is -0.660. The van der Waals surface area contributed by atoms with E-state index in [2.05, 4.69) is 0 Å². The Balaban J connectivity index is 2.44. The minimum absolute atomic E-state index is 0.132. The smallest absolute Gasteiger partial charge is 0.123 e. The van der Waals surface area contributed by atoms with Crippen LogP contribution in [0.3, 0.4) is 0 Å². The largest absolute Gasteiger partial charge is 0.303 e. The maximum atomic E-state index is 10.5. The van der Waals surface area contributed by atoms with Crippen LogP contribution < -0.4 is 0 Å². The summed E-state index contributed by atoms with van der Waals surface area (Å²) in [4.78, 5) is 21.0. The molecule has 1 fully saturated rings. The van der Waals surface area contributed by atoms with Gasteiger partial charge in [0.2, 0.25) is 0 Å². The van der Waals surface area contributed by atoms with E-state index in [0.29, 0.717) is 5.92 Å². The third-order valence-corrected chi connectivity index (χ3v) is 2.91. The molecule has 0 heterocycles. The summed E-state index contributed by atoms with van der Waals surface area (Å²) in [5.41, 5.74) is 0. The van der Waals surface area contributed by atoms with Gasteiger partial charge in [0, 0.05) is 11.8 Å². The van der Waals surface area contributed by atoms with Gasteiger partial charge in [0.25, 0.3) is 0 Å². The van der Waals surface area contributed by atoms with Crippen molar-refractivity contribution < 1.29 is 9.59 Å². The van der Waals surface area contributed by atoms with Gasteiger partial charge in [-0.1, -0.05) is 13.3 Å². The van der Waals surface area contributed by atoms with Gasteiger partial charge in [-0.25, -0.2) is 0 Å². The number of rotatable bonds is 3. The summed E-state index contributed by atoms with van der Waals surface area (Å²) in [6.07, 6.45) is 6.22. The first-order valence-electron chi connectivity index (χ1n) is 4.68. The van der Waals surface area contributed by atoms with Gasteiger partial charge in [0.1, 0.15) is 12.6 Å². The lowest BCUT2D eigenvalue weighted by atomic mass is 9.77. The van der Waals surface area contributed by atoms with Crippen LogP contribution in [0.4, 0.5) is 0 Å². The summed E-state index contributed by atoms with van der Waals surface area (Å²) in [5.74, 6) is 0.797. The van der Waals surface area contributed by atoms with E-state index >= 15 is 0 Å². The number of hydrogen-bond donors (Lipinski definition) is 0. The van der Waals surface area contributed by atoms with Crippen LogP contribution in [0.2, 0.25) is 0 Å². The number of carbonyl (C=O) groups excluding carboxylic acids is 2. The second-order valence-electron chi connectivity index (χ2n) is 3.82. The summed E-state index contributed by atoms with van der Waals surface area (Å²) in [5, 5.41) is 0. The van der Waals surface area contributed by atoms with Crippen molar-refractivity contribution in [2.45, 2.75) is 32.6 Å². The van der Waals surface area contributed by atoms with Crippen LogP contribution in [0, 0.1) is 17.8 Å². The zero-order valence-corrected chi connectivity index (χ0v) is 7.53. The molecule has 1 aliphatic rings. The van der Waals surface area contributed by atoms with Crippen molar-refractivity contribution >= 4 is 12.6 Å². The molecule has 0 N–H and O–H groups in total. The van der Waals surface area contributed by atoms with Crippen molar-refractivity contribution in [3.63, 3.8) is 0 Å². The highest BCUT2D eigenvalue weighted by Gasteiger charge is 2.25. The molecule has 1 aliphatic carbocycles. The van der Waals surface area contributed by atoms with E-state index in [9.17, 15) is 9.59 Å². The number of hydrogen-bond acceptors (Lipinski definition) is 2. The summed E-state index contributed by atoms with van der Waals surface area (Å²) >= 11 is 0. The molecule has 0 aromatic heterocycles. The highest BCUT2D eigenvalue weighted by molar-refractivity contribution is 5.55. The van der Waals surface area contributed by atoms with E-state index in [1.807, 2.05) is 6.92 Å². The zero-order valence-electron chi connectivity index (χ0n) is 7.53. The van der Waals surface area contributed by atoms with E-state index in [1.165, 1.54) is 0 Å². The van der Waals surface area contributed by atoms with Crippen LogP contribution in [0.25, 0.3) is 0 Å². The van der Waals surface area contributed by atoms with Crippen molar-refractivity contribution in [2.75, 3.05) is 0 Å². The highest BCUT2D eigenvalue weighted by atomic mass is 16.1. The third kappa shape index (κ3) is 2.16. The van der Waals surface area contributed by atoms with Crippen molar-refractivity contribution in [1.29, 1.82) is 0 Å². The first-order valence-corrected chi connectivity index (χ1v) is 4.68. The normalized spacial score (nSPS) is 32.4. The van der Waals surface area contributed by atoms with Crippen molar-refractivity contribution in [2.24, 2.45) is 17.8 Å². The second kappa shape index (κ2) is 4.39. The number of carbonyl (C=O) groups is 2. The van der Waals surface area contributed by atoms with Gasteiger partial charge in [0.05, 0.1) is 0 Å². The lowest BCUT2D eigenvalue weighted by Gasteiger charge is -2.27. The molecule has 0 aliphatic heterocycles. The van der Waals surface area contributed by atoms with Gasteiger partial charge in [-0.3, -0.25) is 0 Å². The first kappa shape index (κ1) is 9.43. The predicted octanol–water partition coefficient (Wildman–Crippen LogP) is 1.83. The van der Waals surface area contributed by atoms with Crippen LogP contribution in [0.5, 0.6) is 0 Å². The van der Waals surface area contributed by atoms with Gasteiger partial charge < -0.3 is 9.59 Å². The molecule has 2 nitrogen and oxygen atoms in total. The molecule has 0 bridgehead atoms. The summed E-state index contributed by atoms with van der Waals surface area (Å²) in [7, 11) is 0. The lowest BCUT2D eigenvalue weighted by molar-refractivity contribution is -0.115. The Labute approximate surface area is 73.3 Å². The fourth-order valence-corrected chi connectivity index (χ4v) is 1.98. The molecule has 1 rings (SSSR count). The molecule has 2 unspecified atom stereocenters. The van der Waals surface area contributed by atoms with Gasteiger partial charge in [-0.15, -0.1) is 0 Å². The zero-order chi connectivity index (χ0) is 8.97. The average Bonchev–Trinajstić information content (AvgIpc) is 2.17. The molecule has 0 spiro atoms. The molecule has 0 saturated heterocycles. The van der Waals surface area contributed by atoms with Gasteiger partial charge >= 0.3 is 0 Å². The van der Waals surface area contributed by atoms with E-state index in [0.717, 1.165) is 38.3 Å². The van der Waals surface area contributed by atoms with Crippen LogP contribution >= 0.6 is 0 Å². The molecule has 68 valence electrons. The fraction of sp³-hybridized carbons (Fsp3) is 0.800. The Kier molecular flexibility index (Phi) is 3.45. The van der Waals surface area contributed by atoms with Crippen LogP contribution in [-0.2, 0) is 9.59 Å². The Bertz CT molecular complexity index is 159. The average molecular weight is 168 g/mol. The predicted molar refractivity (Wildman–Crippen MR) is 46.7 cm³/mol. The van der Waals surface area contributed by atoms with E-state index in [4.69, 9.17) is 0 Å². The standard InChI is InChI=1S/C10H16O2/c1-8(6-11)10-4-2-3-9(5-10)7-12/h6-10H,2-5H2,1H3/t8-,9?,10?/m1/s1. The van der Waals surface area contributed by atoms with Crippen LogP contribution in [0.1, 0.15) is 32.6 Å². The molecular formula is C10H16O2. The summed E-state index contributed by atoms with van der Waals surface area (Å²) < 4.78 is 0. The van der Waals surface area contributed by atoms with Gasteiger partial charge in [0.15, 0.2) is 0 Å². The first-order chi connectivity index (χ1) is 5.77. The minimum Gasteiger partial charge on any atom is -0.303 e. The molecule has 0 amide bonds. The Morgan fingerprint density at radius 3 is 2.67 bits per heavy atom. The monoisotopic (exact) mass is 168 g/mol. The Morgan fingerprint density at radius 2 is 2.08 bits per heavy atom. The summed E-state index contributed by atoms with van der Waals surface area (Å²) in [6.45, 7) is 1.95. The van der Waals surface area contributed by atoms with Crippen LogP contribution in [-0.4, -0.2) is 12.6 Å². The van der Waals surface area contributed by atoms with Crippen LogP contribution in [0.15, 0.2) is 0 Å². The molecular weight excluding hydrogens is 152 g/mol. The topological polar surface area (TPSA) is 34.1 Å². The molecule has 0 aromatic carbocycles. The molecule has 2 heteroatoms. The molecule has 12 heavy (non-hydrogen) atoms. The fourth-order valence-electron chi connectivity index (χ4n) is 1.98. The molecule has 0 radical (unpaired) electrons. The molecule has 3 atom stereocenters. The van der Waals surface area contributed by atoms with Gasteiger partial charge in [-0.05, 0) is 25.2 Å². The SMILES string of the molecule is C[C@H](C=O)C1CCCC(C=O)C1. The maximum Gasteiger partial charge on any atom is 0.123 e. The Morgan fingerprint density at radius 1 is 1.33 bits per heavy atom. The molecule has 1 saturated carbocycles. The second-order valence-corrected chi connectivity index (χ2v) is 3.82. The minimum atomic E-state index is 0.132. The quantitative estimate of drug-likeness (QED) is 0.602. The lowest BCUT2D eigenvalue weighted by Crippen LogP contribution is -2.22.